The summed E-state index contributed by atoms with van der Waals surface area (Å²) in [6.07, 6.45) is 2.17. The Balaban J connectivity index is 2.27. The Hall–Kier alpha value is -1.30. The first-order valence-corrected chi connectivity index (χ1v) is 7.22. The summed E-state index contributed by atoms with van der Waals surface area (Å²) in [5.74, 6) is 0.0357. The van der Waals surface area contributed by atoms with Gasteiger partial charge < -0.3 is 20.1 Å². The van der Waals surface area contributed by atoms with Crippen LogP contribution in [-0.2, 0) is 9.53 Å². The van der Waals surface area contributed by atoms with Crippen LogP contribution in [0.25, 0.3) is 0 Å². The molecule has 2 atom stereocenters. The lowest BCUT2D eigenvalue weighted by atomic mass is 9.90. The molecule has 1 saturated heterocycles. The Morgan fingerprint density at radius 3 is 2.75 bits per heavy atom. The van der Waals surface area contributed by atoms with Gasteiger partial charge in [-0.15, -0.1) is 0 Å². The summed E-state index contributed by atoms with van der Waals surface area (Å²) in [5, 5.41) is 11.5. The van der Waals surface area contributed by atoms with Gasteiger partial charge in [0.1, 0.15) is 0 Å². The highest BCUT2D eigenvalue weighted by atomic mass is 16.5. The lowest BCUT2D eigenvalue weighted by Gasteiger charge is -2.32. The molecule has 0 spiro atoms. The van der Waals surface area contributed by atoms with E-state index in [2.05, 4.69) is 19.2 Å². The highest BCUT2D eigenvalue weighted by molar-refractivity contribution is 5.74. The van der Waals surface area contributed by atoms with Crippen LogP contribution in [0, 0.1) is 11.8 Å². The molecule has 116 valence electrons. The highest BCUT2D eigenvalue weighted by Gasteiger charge is 2.25. The normalized spacial score (nSPS) is 22.6. The fourth-order valence-electron chi connectivity index (χ4n) is 2.28. The lowest BCUT2D eigenvalue weighted by molar-refractivity contribution is -0.137. The van der Waals surface area contributed by atoms with E-state index in [1.54, 1.807) is 7.05 Å². The highest BCUT2D eigenvalue weighted by Crippen LogP contribution is 2.24. The van der Waals surface area contributed by atoms with Gasteiger partial charge in [-0.05, 0) is 24.7 Å². The van der Waals surface area contributed by atoms with E-state index in [0.717, 1.165) is 19.4 Å². The molecule has 1 fully saturated rings. The van der Waals surface area contributed by atoms with Crippen LogP contribution in [0.1, 0.15) is 33.1 Å². The minimum Gasteiger partial charge on any atom is -0.481 e. The zero-order valence-electron chi connectivity index (χ0n) is 12.6. The molecule has 0 saturated carbocycles. The van der Waals surface area contributed by atoms with E-state index in [-0.39, 0.29) is 25.1 Å². The molecule has 0 aliphatic carbocycles. The fraction of sp³-hybridized carbons (Fsp3) is 0.857. The van der Waals surface area contributed by atoms with Gasteiger partial charge in [-0.1, -0.05) is 13.8 Å². The van der Waals surface area contributed by atoms with Crippen LogP contribution in [0.4, 0.5) is 4.79 Å². The van der Waals surface area contributed by atoms with Gasteiger partial charge in [0.2, 0.25) is 0 Å². The number of urea groups is 1. The van der Waals surface area contributed by atoms with E-state index < -0.39 is 5.97 Å². The number of ether oxygens (including phenoxy) is 1. The molecular formula is C14H26N2O4. The minimum atomic E-state index is -0.895. The van der Waals surface area contributed by atoms with Crippen molar-refractivity contribution in [2.75, 3.05) is 26.7 Å². The van der Waals surface area contributed by atoms with Crippen molar-refractivity contribution < 1.29 is 19.4 Å². The molecule has 20 heavy (non-hydrogen) atoms. The average molecular weight is 286 g/mol. The second-order valence-corrected chi connectivity index (χ2v) is 5.80. The summed E-state index contributed by atoms with van der Waals surface area (Å²) < 4.78 is 5.70. The summed E-state index contributed by atoms with van der Waals surface area (Å²) in [6.45, 7) is 5.89. The number of carboxylic acids is 1. The molecule has 1 aliphatic heterocycles. The van der Waals surface area contributed by atoms with Crippen molar-refractivity contribution in [2.24, 2.45) is 11.8 Å². The van der Waals surface area contributed by atoms with Gasteiger partial charge in [-0.2, -0.15) is 0 Å². The van der Waals surface area contributed by atoms with Crippen LogP contribution in [0.2, 0.25) is 0 Å². The van der Waals surface area contributed by atoms with Gasteiger partial charge in [0, 0.05) is 26.7 Å². The number of rotatable bonds is 6. The summed E-state index contributed by atoms with van der Waals surface area (Å²) in [5.41, 5.74) is 0. The molecule has 0 bridgehead atoms. The number of aliphatic carboxylic acids is 1. The zero-order chi connectivity index (χ0) is 15.1. The van der Waals surface area contributed by atoms with Gasteiger partial charge in [-0.25, -0.2) is 4.79 Å². The number of amides is 2. The first-order chi connectivity index (χ1) is 9.40. The standard InChI is InChI=1S/C14H26N2O4/c1-10(2)12-8-11(5-7-20-12)9-15-14(19)16(3)6-4-13(17)18/h10-12H,4-9H2,1-3H3,(H,15,19)(H,17,18). The van der Waals surface area contributed by atoms with E-state index >= 15 is 0 Å². The van der Waals surface area contributed by atoms with Crippen LogP contribution >= 0.6 is 0 Å². The molecule has 0 aromatic carbocycles. The topological polar surface area (TPSA) is 78.9 Å². The maximum atomic E-state index is 11.8. The van der Waals surface area contributed by atoms with Crippen LogP contribution in [-0.4, -0.2) is 54.9 Å². The predicted octanol–water partition coefficient (Wildman–Crippen LogP) is 1.55. The Kier molecular flexibility index (Phi) is 6.78. The zero-order valence-corrected chi connectivity index (χ0v) is 12.6. The summed E-state index contributed by atoms with van der Waals surface area (Å²) in [7, 11) is 1.61. The van der Waals surface area contributed by atoms with Crippen molar-refractivity contribution >= 4 is 12.0 Å². The SMILES string of the molecule is CC(C)C1CC(CNC(=O)N(C)CCC(=O)O)CCO1. The van der Waals surface area contributed by atoms with Crippen molar-refractivity contribution in [3.05, 3.63) is 0 Å². The largest absolute Gasteiger partial charge is 0.481 e. The van der Waals surface area contributed by atoms with Crippen molar-refractivity contribution in [1.82, 2.24) is 10.2 Å². The summed E-state index contributed by atoms with van der Waals surface area (Å²) in [6, 6.07) is -0.209. The molecule has 1 heterocycles. The van der Waals surface area contributed by atoms with Crippen LogP contribution in [0.15, 0.2) is 0 Å². The number of nitrogens with zero attached hydrogens (tertiary/aromatic N) is 1. The van der Waals surface area contributed by atoms with E-state index in [1.807, 2.05) is 0 Å². The molecule has 0 aromatic heterocycles. The Morgan fingerprint density at radius 2 is 2.15 bits per heavy atom. The number of carbonyl (C=O) groups is 2. The van der Waals surface area contributed by atoms with Crippen LogP contribution in [0.3, 0.4) is 0 Å². The first-order valence-electron chi connectivity index (χ1n) is 7.22. The molecule has 6 heteroatoms. The average Bonchev–Trinajstić information content (AvgIpc) is 2.42. The number of hydrogen-bond acceptors (Lipinski definition) is 3. The lowest BCUT2D eigenvalue weighted by Crippen LogP contribution is -2.42. The molecule has 0 aromatic rings. The second-order valence-electron chi connectivity index (χ2n) is 5.80. The smallest absolute Gasteiger partial charge is 0.317 e. The summed E-state index contributed by atoms with van der Waals surface area (Å²) >= 11 is 0. The van der Waals surface area contributed by atoms with Gasteiger partial charge in [0.15, 0.2) is 0 Å². The second kappa shape index (κ2) is 8.09. The summed E-state index contributed by atoms with van der Waals surface area (Å²) in [4.78, 5) is 23.7. The van der Waals surface area contributed by atoms with E-state index in [4.69, 9.17) is 9.84 Å². The quantitative estimate of drug-likeness (QED) is 0.776. The van der Waals surface area contributed by atoms with Crippen LogP contribution in [0.5, 0.6) is 0 Å². The van der Waals surface area contributed by atoms with Gasteiger partial charge in [0.05, 0.1) is 12.5 Å². The van der Waals surface area contributed by atoms with Crippen molar-refractivity contribution in [2.45, 2.75) is 39.2 Å². The third-order valence-electron chi connectivity index (χ3n) is 3.72. The predicted molar refractivity (Wildman–Crippen MR) is 75.6 cm³/mol. The van der Waals surface area contributed by atoms with Crippen LogP contribution < -0.4 is 5.32 Å². The number of carbonyl (C=O) groups excluding carboxylic acids is 1. The maximum Gasteiger partial charge on any atom is 0.317 e. The van der Waals surface area contributed by atoms with Gasteiger partial charge in [-0.3, -0.25) is 4.79 Å². The minimum absolute atomic E-state index is 0.0311. The molecular weight excluding hydrogens is 260 g/mol. The van der Waals surface area contributed by atoms with E-state index in [1.165, 1.54) is 4.90 Å². The maximum absolute atomic E-state index is 11.8. The molecule has 0 radical (unpaired) electrons. The number of nitrogens with one attached hydrogen (secondary N) is 1. The number of carboxylic acid groups (broad SMARTS) is 1. The Labute approximate surface area is 120 Å². The molecule has 1 aliphatic rings. The third-order valence-corrected chi connectivity index (χ3v) is 3.72. The van der Waals surface area contributed by atoms with Gasteiger partial charge >= 0.3 is 12.0 Å². The molecule has 2 N–H and O–H groups in total. The molecule has 2 amide bonds. The monoisotopic (exact) mass is 286 g/mol. The van der Waals surface area contributed by atoms with Gasteiger partial charge in [0.25, 0.3) is 0 Å². The third kappa shape index (κ3) is 5.77. The van der Waals surface area contributed by atoms with E-state index in [9.17, 15) is 9.59 Å². The van der Waals surface area contributed by atoms with Crippen molar-refractivity contribution in [3.63, 3.8) is 0 Å². The first kappa shape index (κ1) is 16.8. The fourth-order valence-corrected chi connectivity index (χ4v) is 2.28. The Morgan fingerprint density at radius 1 is 1.45 bits per heavy atom. The number of hydrogen-bond donors (Lipinski definition) is 2. The molecule has 1 rings (SSSR count). The Bertz CT molecular complexity index is 333. The van der Waals surface area contributed by atoms with E-state index in [0.29, 0.717) is 18.4 Å². The van der Waals surface area contributed by atoms with Crippen molar-refractivity contribution in [1.29, 1.82) is 0 Å². The molecule has 6 nitrogen and oxygen atoms in total. The van der Waals surface area contributed by atoms with Crippen molar-refractivity contribution in [3.8, 4) is 0 Å². The molecule has 2 unspecified atom stereocenters.